The molecular weight excluding hydrogens is 428 g/mol. The number of anilines is 1. The first-order valence-electron chi connectivity index (χ1n) is 10.8. The molecular formula is C23H27ClN6O2. The van der Waals surface area contributed by atoms with E-state index in [1.807, 2.05) is 6.92 Å². The molecule has 3 N–H and O–H groups in total. The number of nitrogens with one attached hydrogen (secondary N) is 2. The molecule has 2 aromatic heterocycles. The first-order chi connectivity index (χ1) is 15.5. The van der Waals surface area contributed by atoms with Gasteiger partial charge in [-0.05, 0) is 37.5 Å². The monoisotopic (exact) mass is 454 g/mol. The lowest BCUT2D eigenvalue weighted by molar-refractivity contribution is 0.0911. The molecule has 1 saturated carbocycles. The van der Waals surface area contributed by atoms with E-state index in [0.717, 1.165) is 24.0 Å². The van der Waals surface area contributed by atoms with Gasteiger partial charge in [-0.1, -0.05) is 43.0 Å². The maximum absolute atomic E-state index is 12.8. The van der Waals surface area contributed by atoms with E-state index < -0.39 is 11.9 Å². The molecule has 1 fully saturated rings. The number of rotatable bonds is 7. The third kappa shape index (κ3) is 5.26. The first kappa shape index (κ1) is 22.2. The van der Waals surface area contributed by atoms with Crippen molar-refractivity contribution in [1.29, 1.82) is 0 Å². The third-order valence-corrected chi connectivity index (χ3v) is 5.92. The molecule has 1 aliphatic rings. The SMILES string of the molecule is Cc1cnc(NC2CCCCC2)nc1-n1cnc(C(=O)NC(CO)c2cccc(Cl)c2)c1. The summed E-state index contributed by atoms with van der Waals surface area (Å²) in [5.74, 6) is 0.854. The smallest absolute Gasteiger partial charge is 0.272 e. The summed E-state index contributed by atoms with van der Waals surface area (Å²) in [5, 5.41) is 16.5. The molecule has 3 aromatic rings. The quantitative estimate of drug-likeness (QED) is 0.501. The Hall–Kier alpha value is -2.97. The van der Waals surface area contributed by atoms with Crippen molar-refractivity contribution in [2.24, 2.45) is 0 Å². The number of aromatic nitrogens is 4. The molecule has 0 bridgehead atoms. The number of aryl methyl sites for hydroxylation is 1. The Kier molecular flexibility index (Phi) is 7.02. The Morgan fingerprint density at radius 2 is 2.09 bits per heavy atom. The van der Waals surface area contributed by atoms with Gasteiger partial charge in [0.2, 0.25) is 5.95 Å². The minimum atomic E-state index is -0.585. The maximum Gasteiger partial charge on any atom is 0.272 e. The van der Waals surface area contributed by atoms with Gasteiger partial charge >= 0.3 is 0 Å². The second kappa shape index (κ2) is 10.1. The third-order valence-electron chi connectivity index (χ3n) is 5.68. The summed E-state index contributed by atoms with van der Waals surface area (Å²) in [6, 6.07) is 6.84. The van der Waals surface area contributed by atoms with Crippen LogP contribution in [0.2, 0.25) is 5.02 Å². The van der Waals surface area contributed by atoms with Crippen LogP contribution in [0.25, 0.3) is 5.82 Å². The molecule has 8 nitrogen and oxygen atoms in total. The number of hydrogen-bond acceptors (Lipinski definition) is 6. The molecule has 4 rings (SSSR count). The molecule has 0 saturated heterocycles. The van der Waals surface area contributed by atoms with Crippen molar-refractivity contribution < 1.29 is 9.90 Å². The standard InChI is InChI=1S/C23H27ClN6O2/c1-15-11-25-23(27-18-8-3-2-4-9-18)29-21(15)30-12-19(26-14-30)22(32)28-20(13-31)16-6-5-7-17(24)10-16/h5-7,10-12,14,18,20,31H,2-4,8-9,13H2,1H3,(H,28,32)(H,25,27,29). The van der Waals surface area contributed by atoms with Gasteiger partial charge in [0.1, 0.15) is 17.8 Å². The summed E-state index contributed by atoms with van der Waals surface area (Å²) >= 11 is 6.03. The van der Waals surface area contributed by atoms with Crippen LogP contribution in [0.4, 0.5) is 5.95 Å². The van der Waals surface area contributed by atoms with Gasteiger partial charge in [-0.15, -0.1) is 0 Å². The summed E-state index contributed by atoms with van der Waals surface area (Å²) < 4.78 is 1.71. The van der Waals surface area contributed by atoms with Gasteiger partial charge < -0.3 is 15.7 Å². The fourth-order valence-electron chi connectivity index (χ4n) is 3.94. The number of aliphatic hydroxyl groups is 1. The number of imidazole rings is 1. The van der Waals surface area contributed by atoms with Crippen molar-refractivity contribution in [2.45, 2.75) is 51.1 Å². The minimum Gasteiger partial charge on any atom is -0.394 e. The maximum atomic E-state index is 12.8. The predicted octanol–water partition coefficient (Wildman–Crippen LogP) is 3.83. The van der Waals surface area contributed by atoms with E-state index >= 15 is 0 Å². The highest BCUT2D eigenvalue weighted by atomic mass is 35.5. The van der Waals surface area contributed by atoms with Gasteiger partial charge in [-0.3, -0.25) is 9.36 Å². The van der Waals surface area contributed by atoms with Crippen molar-refractivity contribution in [2.75, 3.05) is 11.9 Å². The number of carbonyl (C=O) groups is 1. The van der Waals surface area contributed by atoms with E-state index in [-0.39, 0.29) is 12.3 Å². The van der Waals surface area contributed by atoms with Crippen LogP contribution in [-0.2, 0) is 0 Å². The normalized spacial score (nSPS) is 15.3. The fraction of sp³-hybridized carbons (Fsp3) is 0.391. The number of carbonyl (C=O) groups excluding carboxylic acids is 1. The molecule has 2 heterocycles. The van der Waals surface area contributed by atoms with Crippen molar-refractivity contribution >= 4 is 23.5 Å². The largest absolute Gasteiger partial charge is 0.394 e. The summed E-state index contributed by atoms with van der Waals surface area (Å²) in [5.41, 5.74) is 1.82. The molecule has 168 valence electrons. The molecule has 1 aliphatic carbocycles. The van der Waals surface area contributed by atoms with Crippen LogP contribution in [0, 0.1) is 6.92 Å². The predicted molar refractivity (Wildman–Crippen MR) is 123 cm³/mol. The highest BCUT2D eigenvalue weighted by molar-refractivity contribution is 6.30. The average Bonchev–Trinajstić information content (AvgIpc) is 3.29. The number of amides is 1. The van der Waals surface area contributed by atoms with E-state index in [4.69, 9.17) is 11.6 Å². The van der Waals surface area contributed by atoms with Crippen molar-refractivity contribution in [3.05, 3.63) is 64.8 Å². The summed E-state index contributed by atoms with van der Waals surface area (Å²) in [7, 11) is 0. The molecule has 1 unspecified atom stereocenters. The van der Waals surface area contributed by atoms with Crippen LogP contribution in [0.3, 0.4) is 0 Å². The Labute approximate surface area is 192 Å². The summed E-state index contributed by atoms with van der Waals surface area (Å²) in [6.45, 7) is 1.66. The van der Waals surface area contributed by atoms with Gasteiger partial charge in [0.25, 0.3) is 5.91 Å². The van der Waals surface area contributed by atoms with Crippen LogP contribution < -0.4 is 10.6 Å². The molecule has 1 atom stereocenters. The molecule has 9 heteroatoms. The van der Waals surface area contributed by atoms with Crippen LogP contribution in [-0.4, -0.2) is 43.2 Å². The molecule has 0 aliphatic heterocycles. The van der Waals surface area contributed by atoms with Crippen LogP contribution in [0.5, 0.6) is 0 Å². The summed E-state index contributed by atoms with van der Waals surface area (Å²) in [4.78, 5) is 26.1. The van der Waals surface area contributed by atoms with Crippen molar-refractivity contribution in [3.63, 3.8) is 0 Å². The molecule has 0 radical (unpaired) electrons. The topological polar surface area (TPSA) is 105 Å². The first-order valence-corrected chi connectivity index (χ1v) is 11.2. The van der Waals surface area contributed by atoms with Gasteiger partial charge in [-0.25, -0.2) is 9.97 Å². The lowest BCUT2D eigenvalue weighted by atomic mass is 9.96. The second-order valence-corrected chi connectivity index (χ2v) is 8.55. The van der Waals surface area contributed by atoms with E-state index in [1.165, 1.54) is 19.3 Å². The zero-order chi connectivity index (χ0) is 22.5. The fourth-order valence-corrected chi connectivity index (χ4v) is 4.14. The molecule has 1 aromatic carbocycles. The average molecular weight is 455 g/mol. The number of benzene rings is 1. The number of nitrogens with zero attached hydrogens (tertiary/aromatic N) is 4. The number of hydrogen-bond donors (Lipinski definition) is 3. The Bertz CT molecular complexity index is 1080. The van der Waals surface area contributed by atoms with Gasteiger partial charge in [-0.2, -0.15) is 4.98 Å². The minimum absolute atomic E-state index is 0.227. The van der Waals surface area contributed by atoms with E-state index in [9.17, 15) is 9.90 Å². The van der Waals surface area contributed by atoms with Gasteiger partial charge in [0.15, 0.2) is 0 Å². The number of aliphatic hydroxyl groups excluding tert-OH is 1. The van der Waals surface area contributed by atoms with E-state index in [2.05, 4.69) is 25.6 Å². The Balaban J connectivity index is 1.49. The van der Waals surface area contributed by atoms with Crippen LogP contribution in [0.1, 0.15) is 59.8 Å². The highest BCUT2D eigenvalue weighted by Crippen LogP contribution is 2.22. The zero-order valence-corrected chi connectivity index (χ0v) is 18.7. The van der Waals surface area contributed by atoms with E-state index in [0.29, 0.717) is 22.8 Å². The van der Waals surface area contributed by atoms with Crippen molar-refractivity contribution in [1.82, 2.24) is 24.8 Å². The lowest BCUT2D eigenvalue weighted by Crippen LogP contribution is -2.31. The molecule has 0 spiro atoms. The van der Waals surface area contributed by atoms with Gasteiger partial charge in [0.05, 0.1) is 12.6 Å². The Morgan fingerprint density at radius 3 is 2.84 bits per heavy atom. The molecule has 1 amide bonds. The van der Waals surface area contributed by atoms with Crippen LogP contribution in [0.15, 0.2) is 43.0 Å². The summed E-state index contributed by atoms with van der Waals surface area (Å²) in [6.07, 6.45) is 10.9. The van der Waals surface area contributed by atoms with E-state index in [1.54, 1.807) is 47.6 Å². The van der Waals surface area contributed by atoms with Gasteiger partial charge in [0, 0.05) is 29.0 Å². The van der Waals surface area contributed by atoms with Crippen LogP contribution >= 0.6 is 11.6 Å². The second-order valence-electron chi connectivity index (χ2n) is 8.11. The Morgan fingerprint density at radius 1 is 1.28 bits per heavy atom. The lowest BCUT2D eigenvalue weighted by Gasteiger charge is -2.23. The van der Waals surface area contributed by atoms with Crippen molar-refractivity contribution in [3.8, 4) is 5.82 Å². The zero-order valence-electron chi connectivity index (χ0n) is 18.0. The highest BCUT2D eigenvalue weighted by Gasteiger charge is 2.19. The number of halogens is 1. The molecule has 32 heavy (non-hydrogen) atoms.